The second-order valence-corrected chi connectivity index (χ2v) is 14.9. The van der Waals surface area contributed by atoms with E-state index in [2.05, 4.69) is 40.5 Å². The number of nitrogens with zero attached hydrogens (tertiary/aromatic N) is 1. The van der Waals surface area contributed by atoms with Crippen LogP contribution < -0.4 is 14.8 Å². The number of benzene rings is 2. The van der Waals surface area contributed by atoms with Crippen LogP contribution in [0.5, 0.6) is 11.5 Å². The largest absolute Gasteiger partial charge is 0.493 e. The van der Waals surface area contributed by atoms with Gasteiger partial charge in [-0.15, -0.1) is 0 Å². The van der Waals surface area contributed by atoms with E-state index in [-0.39, 0.29) is 28.8 Å². The summed E-state index contributed by atoms with van der Waals surface area (Å²) in [5, 5.41) is 3.31. The molecule has 7 aliphatic rings. The zero-order valence-electron chi connectivity index (χ0n) is 25.2. The van der Waals surface area contributed by atoms with Gasteiger partial charge in [-0.1, -0.05) is 45.0 Å². The Labute approximate surface area is 244 Å². The number of hydrogen-bond acceptors (Lipinski definition) is 5. The third kappa shape index (κ3) is 3.24. The molecule has 1 amide bonds. The van der Waals surface area contributed by atoms with Gasteiger partial charge in [0.15, 0.2) is 11.5 Å². The van der Waals surface area contributed by atoms with Crippen LogP contribution in [0.25, 0.3) is 0 Å². The average molecular weight is 557 g/mol. The van der Waals surface area contributed by atoms with Crippen LogP contribution >= 0.6 is 0 Å². The van der Waals surface area contributed by atoms with Crippen molar-refractivity contribution in [3.05, 3.63) is 53.1 Å². The van der Waals surface area contributed by atoms with Gasteiger partial charge in [-0.2, -0.15) is 0 Å². The third-order valence-electron chi connectivity index (χ3n) is 12.1. The minimum Gasteiger partial charge on any atom is -0.493 e. The lowest BCUT2D eigenvalue weighted by Crippen LogP contribution is -2.80. The maximum absolute atomic E-state index is 13.2. The molecule has 5 aliphatic carbocycles. The van der Waals surface area contributed by atoms with Gasteiger partial charge in [-0.25, -0.2) is 0 Å². The Morgan fingerprint density at radius 3 is 2.63 bits per heavy atom. The van der Waals surface area contributed by atoms with E-state index in [1.807, 2.05) is 33.9 Å². The minimum absolute atomic E-state index is 0.0380. The number of nitrogens with one attached hydrogen (secondary N) is 1. The van der Waals surface area contributed by atoms with E-state index in [9.17, 15) is 4.79 Å². The fourth-order valence-electron chi connectivity index (χ4n) is 10.1. The molecule has 9 rings (SSSR count). The smallest absolute Gasteiger partial charge is 0.229 e. The number of ether oxygens (including phenoxy) is 3. The number of para-hydroxylation sites is 1. The van der Waals surface area contributed by atoms with Crippen molar-refractivity contribution in [3.63, 3.8) is 0 Å². The Balaban J connectivity index is 1.32. The van der Waals surface area contributed by atoms with Crippen LogP contribution in [0.4, 0.5) is 5.69 Å². The van der Waals surface area contributed by atoms with Crippen LogP contribution in [0.3, 0.4) is 0 Å². The van der Waals surface area contributed by atoms with Gasteiger partial charge < -0.3 is 19.5 Å². The number of amides is 1. The zero-order chi connectivity index (χ0) is 28.4. The first-order valence-corrected chi connectivity index (χ1v) is 15.7. The van der Waals surface area contributed by atoms with E-state index in [1.165, 1.54) is 36.1 Å². The highest BCUT2D eigenvalue weighted by molar-refractivity contribution is 5.95. The Morgan fingerprint density at radius 1 is 1.10 bits per heavy atom. The maximum atomic E-state index is 13.2. The normalized spacial score (nSPS) is 36.5. The van der Waals surface area contributed by atoms with Gasteiger partial charge >= 0.3 is 0 Å². The highest BCUT2D eigenvalue weighted by atomic mass is 16.6. The number of methoxy groups -OCH3 is 2. The molecule has 2 spiro atoms. The molecular weight excluding hydrogens is 512 g/mol. The molecule has 6 nitrogen and oxygen atoms in total. The molecule has 1 saturated heterocycles. The molecule has 0 radical (unpaired) electrons. The molecule has 6 atom stereocenters. The number of carbonyl (C=O) groups is 1. The summed E-state index contributed by atoms with van der Waals surface area (Å²) >= 11 is 0. The maximum Gasteiger partial charge on any atom is 0.229 e. The van der Waals surface area contributed by atoms with Gasteiger partial charge in [-0.3, -0.25) is 9.69 Å². The summed E-state index contributed by atoms with van der Waals surface area (Å²) in [4.78, 5) is 16.1. The number of likely N-dealkylation sites (tertiary alicyclic amines) is 1. The van der Waals surface area contributed by atoms with Crippen LogP contribution in [-0.2, 0) is 21.4 Å². The predicted octanol–water partition coefficient (Wildman–Crippen LogP) is 6.07. The van der Waals surface area contributed by atoms with E-state index in [0.29, 0.717) is 6.04 Å². The molecule has 41 heavy (non-hydrogen) atoms. The second kappa shape index (κ2) is 8.50. The first-order chi connectivity index (χ1) is 19.7. The molecule has 2 aromatic carbocycles. The Bertz CT molecular complexity index is 1430. The van der Waals surface area contributed by atoms with Crippen LogP contribution in [-0.4, -0.2) is 55.9 Å². The monoisotopic (exact) mass is 556 g/mol. The number of rotatable bonds is 6. The highest BCUT2D eigenvalue weighted by Crippen LogP contribution is 2.78. The van der Waals surface area contributed by atoms with E-state index in [4.69, 9.17) is 14.2 Å². The molecule has 2 heterocycles. The van der Waals surface area contributed by atoms with Crippen molar-refractivity contribution in [1.82, 2.24) is 4.90 Å². The zero-order valence-corrected chi connectivity index (χ0v) is 25.2. The topological polar surface area (TPSA) is 60.0 Å². The summed E-state index contributed by atoms with van der Waals surface area (Å²) in [5.41, 5.74) is 4.01. The van der Waals surface area contributed by atoms with Crippen molar-refractivity contribution in [1.29, 1.82) is 0 Å². The van der Waals surface area contributed by atoms with E-state index in [0.717, 1.165) is 61.8 Å². The number of fused-ring (bicyclic) bond motifs is 2. The van der Waals surface area contributed by atoms with Crippen molar-refractivity contribution < 1.29 is 19.0 Å². The molecule has 1 N–H and O–H groups in total. The van der Waals surface area contributed by atoms with Crippen molar-refractivity contribution in [2.45, 2.75) is 94.8 Å². The Morgan fingerprint density at radius 2 is 1.90 bits per heavy atom. The van der Waals surface area contributed by atoms with Gasteiger partial charge in [-0.05, 0) is 80.7 Å². The van der Waals surface area contributed by atoms with Gasteiger partial charge in [0.05, 0.1) is 7.11 Å². The van der Waals surface area contributed by atoms with E-state index < -0.39 is 11.0 Å². The lowest BCUT2D eigenvalue weighted by atomic mass is 9.34. The fourth-order valence-corrected chi connectivity index (χ4v) is 10.1. The molecule has 4 saturated carbocycles. The summed E-state index contributed by atoms with van der Waals surface area (Å²) in [6, 6.07) is 13.4. The standard InChI is InChI=1S/C35H44N2O4/c1-32(2,3)31(38)36-25-9-7-6-8-23(25)24-19-33-14-15-35(24,40-5)30-34(33)16-17-37(20-21-10-11-21)27(33)18-22-12-13-26(39-4)29(41-30)28(22)34/h6-9,12-13,21,24,27,30H,10-11,14-20H2,1-5H3,(H,36,38)/t24-,27-,30-,33-,34+,35-/m1/s1. The van der Waals surface area contributed by atoms with Crippen molar-refractivity contribution in [2.24, 2.45) is 16.7 Å². The van der Waals surface area contributed by atoms with Crippen molar-refractivity contribution in [2.75, 3.05) is 32.6 Å². The summed E-state index contributed by atoms with van der Waals surface area (Å²) < 4.78 is 19.9. The lowest BCUT2D eigenvalue weighted by Gasteiger charge is -2.74. The number of carbonyl (C=O) groups excluding carboxylic acids is 1. The predicted molar refractivity (Wildman–Crippen MR) is 159 cm³/mol. The first-order valence-electron chi connectivity index (χ1n) is 15.7. The van der Waals surface area contributed by atoms with Crippen LogP contribution in [0.2, 0.25) is 0 Å². The molecule has 2 aromatic rings. The van der Waals surface area contributed by atoms with Gasteiger partial charge in [0, 0.05) is 53.1 Å². The summed E-state index contributed by atoms with van der Waals surface area (Å²) in [6.45, 7) is 8.27. The average Bonchev–Trinajstić information content (AvgIpc) is 3.71. The number of piperidine rings is 1. The molecule has 0 unspecified atom stereocenters. The first kappa shape index (κ1) is 26.1. The summed E-state index contributed by atoms with van der Waals surface area (Å²) in [7, 11) is 3.66. The number of hydrogen-bond donors (Lipinski definition) is 1. The lowest BCUT2D eigenvalue weighted by molar-refractivity contribution is -0.261. The second-order valence-electron chi connectivity index (χ2n) is 14.9. The number of anilines is 1. The molecular formula is C35H44N2O4. The minimum atomic E-state index is -0.494. The van der Waals surface area contributed by atoms with Crippen molar-refractivity contribution >= 4 is 11.6 Å². The molecule has 2 aliphatic heterocycles. The third-order valence-corrected chi connectivity index (χ3v) is 12.1. The van der Waals surface area contributed by atoms with Gasteiger partial charge in [0.1, 0.15) is 11.7 Å². The fraction of sp³-hybridized carbons (Fsp3) is 0.629. The molecule has 0 aromatic heterocycles. The molecule has 6 heteroatoms. The van der Waals surface area contributed by atoms with E-state index in [1.54, 1.807) is 7.11 Å². The van der Waals surface area contributed by atoms with Crippen molar-refractivity contribution in [3.8, 4) is 11.5 Å². The van der Waals surface area contributed by atoms with Crippen LogP contribution in [0.15, 0.2) is 36.4 Å². The Kier molecular flexibility index (Phi) is 5.41. The van der Waals surface area contributed by atoms with Gasteiger partial charge in [0.2, 0.25) is 5.91 Å². The summed E-state index contributed by atoms with van der Waals surface area (Å²) in [5.74, 6) is 2.82. The van der Waals surface area contributed by atoms with E-state index >= 15 is 0 Å². The van der Waals surface area contributed by atoms with Gasteiger partial charge in [0.25, 0.3) is 0 Å². The SMILES string of the molecule is COc1ccc2c3c1O[C@H]1[C@@]4(OC)CC[C@@]5(C[C@@H]4c4ccccc4NC(=O)C(C)(C)C)[C@@H](C2)N(CC2CC2)CC[C@]315. The van der Waals surface area contributed by atoms with Crippen LogP contribution in [0, 0.1) is 16.7 Å². The molecule has 4 bridgehead atoms. The highest BCUT2D eigenvalue weighted by Gasteiger charge is 2.80. The summed E-state index contributed by atoms with van der Waals surface area (Å²) in [6.07, 6.45) is 8.00. The Hall–Kier alpha value is -2.57. The quantitative estimate of drug-likeness (QED) is 0.468. The van der Waals surface area contributed by atoms with Crippen LogP contribution in [0.1, 0.15) is 81.9 Å². The molecule has 5 fully saturated rings. The molecule has 218 valence electrons.